The van der Waals surface area contributed by atoms with Gasteiger partial charge in [-0.2, -0.15) is 11.8 Å². The van der Waals surface area contributed by atoms with Crippen molar-refractivity contribution in [1.82, 2.24) is 41.4 Å². The van der Waals surface area contributed by atoms with Crippen LogP contribution in [0.25, 0.3) is 10.9 Å². The molecule has 0 spiro atoms. The van der Waals surface area contributed by atoms with E-state index in [0.717, 1.165) is 4.90 Å². The number of likely N-dealkylation sites (tertiary alicyclic amines) is 1. The van der Waals surface area contributed by atoms with Gasteiger partial charge in [0.2, 0.25) is 47.3 Å². The van der Waals surface area contributed by atoms with Gasteiger partial charge in [-0.05, 0) is 42.9 Å². The average molecular weight is 1230 g/mol. The van der Waals surface area contributed by atoms with Gasteiger partial charge < -0.3 is 72.3 Å². The van der Waals surface area contributed by atoms with Crippen LogP contribution in [-0.2, 0) is 80.5 Å². The molecule has 2 aromatic rings. The maximum absolute atomic E-state index is 15.4. The zero-order valence-corrected chi connectivity index (χ0v) is 49.9. The van der Waals surface area contributed by atoms with Crippen molar-refractivity contribution in [3.63, 3.8) is 0 Å². The van der Waals surface area contributed by atoms with Gasteiger partial charge in [0, 0.05) is 97.4 Å². The Morgan fingerprint density at radius 2 is 1.62 bits per heavy atom. The first-order chi connectivity index (χ1) is 40.2. The van der Waals surface area contributed by atoms with Crippen LogP contribution in [0.3, 0.4) is 0 Å². The number of hydrogen-bond acceptors (Lipinski definition) is 18. The number of aliphatic carboxylic acids is 1. The minimum absolute atomic E-state index is 0.0557. The van der Waals surface area contributed by atoms with E-state index in [2.05, 4.69) is 31.6 Å². The van der Waals surface area contributed by atoms with Gasteiger partial charge in [-0.1, -0.05) is 34.1 Å². The van der Waals surface area contributed by atoms with Gasteiger partial charge in [-0.15, -0.1) is 0 Å². The fourth-order valence-electron chi connectivity index (χ4n) is 11.2. The molecule has 8 amide bonds. The molecule has 27 nitrogen and oxygen atoms in total. The number of fused-ring (bicyclic) bond motifs is 5. The monoisotopic (exact) mass is 1230 g/mol. The summed E-state index contributed by atoms with van der Waals surface area (Å²) in [4.78, 5) is 170. The van der Waals surface area contributed by atoms with Crippen LogP contribution in [0, 0.1) is 29.6 Å². The summed E-state index contributed by atoms with van der Waals surface area (Å²) in [5.74, 6) is -15.1. The van der Waals surface area contributed by atoms with E-state index in [9.17, 15) is 72.9 Å². The molecule has 29 heteroatoms. The third kappa shape index (κ3) is 17.4. The van der Waals surface area contributed by atoms with E-state index in [4.69, 9.17) is 15.6 Å². The molecule has 2 bridgehead atoms. The normalized spacial score (nSPS) is 26.7. The van der Waals surface area contributed by atoms with Crippen molar-refractivity contribution in [1.29, 1.82) is 0 Å². The zero-order valence-electron chi connectivity index (χ0n) is 48.3. The lowest BCUT2D eigenvalue weighted by Crippen LogP contribution is -2.60. The van der Waals surface area contributed by atoms with Gasteiger partial charge in [-0.25, -0.2) is 0 Å². The molecular formula is C56H79N9O18S2. The number of carbonyl (C=O) groups excluding carboxylic acids is 11. The summed E-state index contributed by atoms with van der Waals surface area (Å²) in [5, 5.41) is 53.8. The molecule has 3 unspecified atom stereocenters. The maximum Gasteiger partial charge on any atom is 0.304 e. The third-order valence-electron chi connectivity index (χ3n) is 16.4. The number of aliphatic hydroxyl groups is 3. The van der Waals surface area contributed by atoms with Gasteiger partial charge in [0.15, 0.2) is 11.6 Å². The van der Waals surface area contributed by atoms with Crippen molar-refractivity contribution < 1.29 is 86.9 Å². The molecule has 1 aromatic heterocycles. The number of nitrogens with one attached hydrogen (secondary N) is 6. The Hall–Kier alpha value is -6.82. The van der Waals surface area contributed by atoms with Crippen LogP contribution in [0.4, 0.5) is 0 Å². The van der Waals surface area contributed by atoms with Gasteiger partial charge in [-0.3, -0.25) is 61.7 Å². The predicted octanol–water partition coefficient (Wildman–Crippen LogP) is -1.75. The molecular weight excluding hydrogens is 1150 g/mol. The first-order valence-electron chi connectivity index (χ1n) is 28.5. The Kier molecular flexibility index (Phi) is 24.2. The standard InChI is InChI=1S/C56H79N9O18S2/c1-6-27(2)35-17-31(67)20-58-51(77)30-15-36-34-10-11-44(83-5)37(25-84-33-12-13-64(23-33)47(74)9-7-8-41(69)28(3)14-48(75)76)50(34)63-55(36)85(82)26-39(60-46(73)21-59-52(35)78)53(79)61-38(19-45(57)72)56(81)65-22-32(68)18-40(65)54(80)62-49(42(70)16-30)29(4)43(71)24-66/h10-11,27-30,32-33,35,38-40,43,49,63,66,68,71H,6-9,12-26H2,1-5H3,(H2,57,72)(H,58,77)(H,59,78)(H,60,73)(H,61,79)(H,62,80)(H,75,76)/t27-,28?,29-,30+,32+,33?,35-,38-,39-,40-,43-,49-,85?/m0/s1. The smallest absolute Gasteiger partial charge is 0.304 e. The SMILES string of the molecule is CC[C@H](C)[C@@H]1CC(=O)CNC(=O)[C@H]2CC(=O)[C@H]([C@@H](C)[C@@H](O)CO)NC(=O)[C@@H]3C[C@@H](O)CN3C(=O)[C@H](CC(N)=O)NC(=O)[C@H](CS(=O)c3[nH]c4c(CSC5CCN(C(=O)CCCC(=O)C(C)CC(=O)O)C5)c(OC)ccc4c3C2)NC(=O)CNC1=O. The summed E-state index contributed by atoms with van der Waals surface area (Å²) in [5.41, 5.74) is 6.61. The lowest BCUT2D eigenvalue weighted by molar-refractivity contribution is -0.144. The van der Waals surface area contributed by atoms with Crippen molar-refractivity contribution in [3.8, 4) is 5.75 Å². The largest absolute Gasteiger partial charge is 0.496 e. The van der Waals surface area contributed by atoms with Crippen LogP contribution in [0.2, 0.25) is 0 Å². The van der Waals surface area contributed by atoms with E-state index in [1.54, 1.807) is 30.9 Å². The highest BCUT2D eigenvalue weighted by molar-refractivity contribution is 7.99. The molecule has 5 heterocycles. The number of nitrogens with two attached hydrogens (primary N) is 1. The number of aromatic nitrogens is 1. The Morgan fingerprint density at radius 3 is 2.29 bits per heavy atom. The highest BCUT2D eigenvalue weighted by Gasteiger charge is 2.45. The molecule has 0 aliphatic carbocycles. The average Bonchev–Trinajstić information content (AvgIpc) is 2.03. The van der Waals surface area contributed by atoms with Crippen molar-refractivity contribution in [3.05, 3.63) is 23.3 Å². The number of methoxy groups -OCH3 is 1. The lowest BCUT2D eigenvalue weighted by Gasteiger charge is -2.32. The zero-order chi connectivity index (χ0) is 62.6. The predicted molar refractivity (Wildman–Crippen MR) is 306 cm³/mol. The van der Waals surface area contributed by atoms with E-state index in [1.165, 1.54) is 32.7 Å². The van der Waals surface area contributed by atoms with Crippen LogP contribution in [0.5, 0.6) is 5.75 Å². The van der Waals surface area contributed by atoms with E-state index < -0.39 is 200 Å². The second-order valence-corrected chi connectivity index (χ2v) is 25.3. The number of benzene rings is 1. The molecule has 2 fully saturated rings. The van der Waals surface area contributed by atoms with Crippen LogP contribution < -0.4 is 37.1 Å². The summed E-state index contributed by atoms with van der Waals surface area (Å²) in [6.07, 6.45) is -4.80. The Bertz CT molecular complexity index is 2920. The fourth-order valence-corrected chi connectivity index (χ4v) is 13.8. The number of ketones is 3. The summed E-state index contributed by atoms with van der Waals surface area (Å²) < 4.78 is 21.2. The summed E-state index contributed by atoms with van der Waals surface area (Å²) >= 11 is 1.47. The molecule has 1 aromatic carbocycles. The second kappa shape index (κ2) is 30.5. The van der Waals surface area contributed by atoms with Crippen molar-refractivity contribution in [2.75, 3.05) is 52.2 Å². The number of aromatic amines is 1. The van der Waals surface area contributed by atoms with Crippen molar-refractivity contribution >= 4 is 104 Å². The van der Waals surface area contributed by atoms with Crippen LogP contribution in [-0.4, -0.2) is 204 Å². The summed E-state index contributed by atoms with van der Waals surface area (Å²) in [6, 6.07) is -3.76. The van der Waals surface area contributed by atoms with Crippen molar-refractivity contribution in [2.45, 2.75) is 151 Å². The topological polar surface area (TPSA) is 420 Å². The molecule has 4 aliphatic heterocycles. The first kappa shape index (κ1) is 67.3. The second-order valence-electron chi connectivity index (χ2n) is 22.6. The quantitative estimate of drug-likeness (QED) is 0.0788. The van der Waals surface area contributed by atoms with Crippen LogP contribution >= 0.6 is 11.8 Å². The van der Waals surface area contributed by atoms with Gasteiger partial charge in [0.25, 0.3) is 0 Å². The Morgan fingerprint density at radius 1 is 0.906 bits per heavy atom. The van der Waals surface area contributed by atoms with E-state index >= 15 is 4.21 Å². The Labute approximate surface area is 497 Å². The first-order valence-corrected chi connectivity index (χ1v) is 30.9. The van der Waals surface area contributed by atoms with E-state index in [1.807, 2.05) is 0 Å². The number of thioether (sulfide) groups is 1. The highest BCUT2D eigenvalue weighted by Crippen LogP contribution is 2.39. The van der Waals surface area contributed by atoms with Crippen LogP contribution in [0.1, 0.15) is 103 Å². The van der Waals surface area contributed by atoms with E-state index in [0.29, 0.717) is 48.1 Å². The molecule has 85 heavy (non-hydrogen) atoms. The molecule has 12 N–H and O–H groups in total. The maximum atomic E-state index is 15.4. The van der Waals surface area contributed by atoms with Crippen LogP contribution in [0.15, 0.2) is 17.2 Å². The third-order valence-corrected chi connectivity index (χ3v) is 19.2. The molecule has 468 valence electrons. The fraction of sp³-hybridized carbons (Fsp3) is 0.643. The number of ether oxygens (including phenoxy) is 1. The number of carbonyl (C=O) groups is 12. The van der Waals surface area contributed by atoms with Gasteiger partial charge >= 0.3 is 5.97 Å². The summed E-state index contributed by atoms with van der Waals surface area (Å²) in [7, 11) is -1.01. The summed E-state index contributed by atoms with van der Waals surface area (Å²) in [6.45, 7) is 4.34. The highest BCUT2D eigenvalue weighted by atomic mass is 32.2. The van der Waals surface area contributed by atoms with Gasteiger partial charge in [0.1, 0.15) is 34.7 Å². The molecule has 2 saturated heterocycles. The number of Topliss-reactive ketones (excluding diaryl/α,β-unsaturated/α-hetero) is 3. The van der Waals surface area contributed by atoms with E-state index in [-0.39, 0.29) is 59.0 Å². The number of hydrogen-bond donors (Lipinski definition) is 11. The number of carboxylic acid groups (broad SMARTS) is 1. The molecule has 6 rings (SSSR count). The minimum Gasteiger partial charge on any atom is -0.496 e. The number of carboxylic acids is 1. The number of aliphatic hydroxyl groups excluding tert-OH is 3. The number of nitrogens with zero attached hydrogens (tertiary/aromatic N) is 2. The molecule has 0 saturated carbocycles. The molecule has 0 radical (unpaired) electrons. The van der Waals surface area contributed by atoms with Crippen molar-refractivity contribution in [2.24, 2.45) is 35.3 Å². The Balaban J connectivity index is 1.48. The lowest BCUT2D eigenvalue weighted by atomic mass is 9.85. The van der Waals surface area contributed by atoms with Gasteiger partial charge in [0.05, 0.1) is 80.0 Å². The number of rotatable bonds is 18. The minimum atomic E-state index is -2.44. The molecule has 4 aliphatic rings. The number of primary amides is 1. The number of amides is 8. The number of H-pyrrole nitrogens is 1. The molecule has 13 atom stereocenters.